The van der Waals surface area contributed by atoms with Gasteiger partial charge in [0.25, 0.3) is 0 Å². The number of carbonyl (C=O) groups is 1. The average Bonchev–Trinajstić information content (AvgIpc) is 2.76. The van der Waals surface area contributed by atoms with Crippen LogP contribution in [-0.2, 0) is 9.53 Å². The Balaban J connectivity index is 1.97. The molecule has 1 atom stereocenters. The van der Waals surface area contributed by atoms with Crippen molar-refractivity contribution in [3.8, 4) is 0 Å². The fraction of sp³-hybridized carbons (Fsp3) is 0.909. The first-order valence-electron chi connectivity index (χ1n) is 5.50. The highest BCUT2D eigenvalue weighted by Crippen LogP contribution is 2.38. The second-order valence-electron chi connectivity index (χ2n) is 4.97. The molecule has 14 heavy (non-hydrogen) atoms. The minimum atomic E-state index is 0.132. The van der Waals surface area contributed by atoms with Crippen molar-refractivity contribution in [1.82, 2.24) is 4.90 Å². The van der Waals surface area contributed by atoms with E-state index in [1.807, 2.05) is 18.7 Å². The van der Waals surface area contributed by atoms with Crippen LogP contribution in [-0.4, -0.2) is 37.1 Å². The molecule has 2 aliphatic rings. The van der Waals surface area contributed by atoms with Crippen LogP contribution in [0.25, 0.3) is 0 Å². The summed E-state index contributed by atoms with van der Waals surface area (Å²) in [5.74, 6) is 0.432. The number of rotatable bonds is 1. The number of hydrogen-bond donors (Lipinski definition) is 0. The molecule has 2 saturated heterocycles. The summed E-state index contributed by atoms with van der Waals surface area (Å²) >= 11 is 0. The predicted molar refractivity (Wildman–Crippen MR) is 53.9 cm³/mol. The van der Waals surface area contributed by atoms with Gasteiger partial charge in [0.05, 0.1) is 6.61 Å². The average molecular weight is 197 g/mol. The second-order valence-corrected chi connectivity index (χ2v) is 4.97. The van der Waals surface area contributed by atoms with Gasteiger partial charge >= 0.3 is 0 Å². The lowest BCUT2D eigenvalue weighted by Crippen LogP contribution is -2.34. The van der Waals surface area contributed by atoms with E-state index in [9.17, 15) is 4.79 Å². The number of carbonyl (C=O) groups excluding carboxylic acids is 1. The highest BCUT2D eigenvalue weighted by atomic mass is 16.5. The molecule has 0 bridgehead atoms. The van der Waals surface area contributed by atoms with Crippen LogP contribution in [0.5, 0.6) is 0 Å². The van der Waals surface area contributed by atoms with Gasteiger partial charge in [-0.15, -0.1) is 0 Å². The summed E-state index contributed by atoms with van der Waals surface area (Å²) in [5, 5.41) is 0. The van der Waals surface area contributed by atoms with Gasteiger partial charge in [-0.05, 0) is 12.8 Å². The third kappa shape index (κ3) is 1.65. The van der Waals surface area contributed by atoms with E-state index in [0.29, 0.717) is 11.3 Å². The van der Waals surface area contributed by atoms with E-state index in [4.69, 9.17) is 4.74 Å². The molecule has 0 aromatic carbocycles. The molecule has 2 aliphatic heterocycles. The van der Waals surface area contributed by atoms with E-state index in [0.717, 1.165) is 39.1 Å². The molecule has 0 radical (unpaired) electrons. The topological polar surface area (TPSA) is 29.5 Å². The van der Waals surface area contributed by atoms with Crippen molar-refractivity contribution in [2.75, 3.05) is 26.3 Å². The van der Waals surface area contributed by atoms with Crippen LogP contribution in [0.15, 0.2) is 0 Å². The summed E-state index contributed by atoms with van der Waals surface area (Å²) in [4.78, 5) is 13.8. The Hall–Kier alpha value is -0.570. The minimum absolute atomic E-state index is 0.132. The van der Waals surface area contributed by atoms with Crippen molar-refractivity contribution < 1.29 is 9.53 Å². The molecule has 3 heteroatoms. The Labute approximate surface area is 85.4 Å². The summed E-state index contributed by atoms with van der Waals surface area (Å²) in [6.45, 7) is 7.53. The summed E-state index contributed by atoms with van der Waals surface area (Å²) in [7, 11) is 0. The maximum absolute atomic E-state index is 11.8. The van der Waals surface area contributed by atoms with Crippen LogP contribution in [0.2, 0.25) is 0 Å². The van der Waals surface area contributed by atoms with Gasteiger partial charge < -0.3 is 9.64 Å². The van der Waals surface area contributed by atoms with Gasteiger partial charge in [0.15, 0.2) is 0 Å². The van der Waals surface area contributed by atoms with E-state index < -0.39 is 0 Å². The Bertz CT molecular complexity index is 231. The molecule has 80 valence electrons. The molecular weight excluding hydrogens is 178 g/mol. The van der Waals surface area contributed by atoms with Crippen LogP contribution in [0.4, 0.5) is 0 Å². The smallest absolute Gasteiger partial charge is 0.225 e. The largest absolute Gasteiger partial charge is 0.381 e. The first-order valence-corrected chi connectivity index (χ1v) is 5.50. The molecule has 2 heterocycles. The highest BCUT2D eigenvalue weighted by molar-refractivity contribution is 5.78. The van der Waals surface area contributed by atoms with Crippen LogP contribution >= 0.6 is 0 Å². The standard InChI is InChI=1S/C11H19NO2/c1-9(2)10(13)12-5-3-11(7-12)4-6-14-8-11/h9H,3-8H2,1-2H3. The van der Waals surface area contributed by atoms with Crippen molar-refractivity contribution in [1.29, 1.82) is 0 Å². The third-order valence-corrected chi connectivity index (χ3v) is 3.43. The maximum Gasteiger partial charge on any atom is 0.225 e. The highest BCUT2D eigenvalue weighted by Gasteiger charge is 2.42. The summed E-state index contributed by atoms with van der Waals surface area (Å²) in [6, 6.07) is 0. The molecule has 0 N–H and O–H groups in total. The molecule has 2 rings (SSSR count). The zero-order chi connectivity index (χ0) is 10.2. The zero-order valence-electron chi connectivity index (χ0n) is 9.08. The van der Waals surface area contributed by atoms with E-state index >= 15 is 0 Å². The Morgan fingerprint density at radius 1 is 1.43 bits per heavy atom. The number of nitrogens with zero attached hydrogens (tertiary/aromatic N) is 1. The van der Waals surface area contributed by atoms with Crippen molar-refractivity contribution in [3.63, 3.8) is 0 Å². The third-order valence-electron chi connectivity index (χ3n) is 3.43. The summed E-state index contributed by atoms with van der Waals surface area (Å²) in [5.41, 5.74) is 0.310. The number of amides is 1. The lowest BCUT2D eigenvalue weighted by Gasteiger charge is -2.23. The lowest BCUT2D eigenvalue weighted by atomic mass is 9.87. The predicted octanol–water partition coefficient (Wildman–Crippen LogP) is 1.28. The second kappa shape index (κ2) is 3.54. The van der Waals surface area contributed by atoms with E-state index in [1.165, 1.54) is 0 Å². The lowest BCUT2D eigenvalue weighted by molar-refractivity contribution is -0.133. The van der Waals surface area contributed by atoms with Gasteiger partial charge in [-0.2, -0.15) is 0 Å². The molecule has 0 saturated carbocycles. The van der Waals surface area contributed by atoms with Gasteiger partial charge in [0, 0.05) is 31.0 Å². The molecule has 0 aromatic heterocycles. The number of hydrogen-bond acceptors (Lipinski definition) is 2. The van der Waals surface area contributed by atoms with Crippen LogP contribution < -0.4 is 0 Å². The summed E-state index contributed by atoms with van der Waals surface area (Å²) in [6.07, 6.45) is 2.26. The van der Waals surface area contributed by atoms with Gasteiger partial charge in [0.2, 0.25) is 5.91 Å². The van der Waals surface area contributed by atoms with Crippen molar-refractivity contribution in [2.45, 2.75) is 26.7 Å². The molecule has 3 nitrogen and oxygen atoms in total. The molecule has 1 amide bonds. The first kappa shape index (κ1) is 9.97. The van der Waals surface area contributed by atoms with Gasteiger partial charge in [-0.3, -0.25) is 4.79 Å². The van der Waals surface area contributed by atoms with Gasteiger partial charge in [0.1, 0.15) is 0 Å². The van der Waals surface area contributed by atoms with Crippen LogP contribution in [0, 0.1) is 11.3 Å². The molecule has 0 aliphatic carbocycles. The summed E-state index contributed by atoms with van der Waals surface area (Å²) < 4.78 is 5.43. The minimum Gasteiger partial charge on any atom is -0.381 e. The normalized spacial score (nSPS) is 32.1. The quantitative estimate of drug-likeness (QED) is 0.633. The zero-order valence-corrected chi connectivity index (χ0v) is 9.08. The Morgan fingerprint density at radius 2 is 2.21 bits per heavy atom. The number of ether oxygens (including phenoxy) is 1. The first-order chi connectivity index (χ1) is 6.63. The van der Waals surface area contributed by atoms with Crippen molar-refractivity contribution >= 4 is 5.91 Å². The monoisotopic (exact) mass is 197 g/mol. The molecule has 0 aromatic rings. The van der Waals surface area contributed by atoms with Gasteiger partial charge in [-0.25, -0.2) is 0 Å². The van der Waals surface area contributed by atoms with Crippen molar-refractivity contribution in [3.05, 3.63) is 0 Å². The number of likely N-dealkylation sites (tertiary alicyclic amines) is 1. The molecule has 2 fully saturated rings. The fourth-order valence-electron chi connectivity index (χ4n) is 2.46. The molecular formula is C11H19NO2. The fourth-order valence-corrected chi connectivity index (χ4v) is 2.46. The maximum atomic E-state index is 11.8. The SMILES string of the molecule is CC(C)C(=O)N1CCC2(CCOC2)C1. The van der Waals surface area contributed by atoms with E-state index in [2.05, 4.69) is 0 Å². The van der Waals surface area contributed by atoms with Crippen molar-refractivity contribution in [2.24, 2.45) is 11.3 Å². The molecule has 1 spiro atoms. The van der Waals surface area contributed by atoms with Gasteiger partial charge in [-0.1, -0.05) is 13.8 Å². The Morgan fingerprint density at radius 3 is 2.79 bits per heavy atom. The van der Waals surface area contributed by atoms with Crippen LogP contribution in [0.3, 0.4) is 0 Å². The van der Waals surface area contributed by atoms with Crippen LogP contribution in [0.1, 0.15) is 26.7 Å². The van der Waals surface area contributed by atoms with E-state index in [-0.39, 0.29) is 5.92 Å². The molecule has 1 unspecified atom stereocenters. The Kier molecular flexibility index (Phi) is 2.52. The van der Waals surface area contributed by atoms with E-state index in [1.54, 1.807) is 0 Å².